The van der Waals surface area contributed by atoms with Crippen LogP contribution in [0, 0.1) is 0 Å². The minimum Gasteiger partial charge on any atom is -0.480 e. The standard InChI is InChI=1S/C9H14FNO5/c1-9(2,3)16-8(15)11-5(7(13)14)4-6(10)12/h5H,4H2,1-3H3,(H,11,15)(H,13,14)/t5-/m0/s1. The van der Waals surface area contributed by atoms with E-state index in [1.807, 2.05) is 5.32 Å². The van der Waals surface area contributed by atoms with Crippen molar-refractivity contribution >= 4 is 18.1 Å². The average Bonchev–Trinajstić information content (AvgIpc) is 1.97. The fourth-order valence-electron chi connectivity index (χ4n) is 0.810. The number of rotatable bonds is 4. The molecule has 0 aliphatic carbocycles. The number of aliphatic carboxylic acids is 1. The zero-order valence-corrected chi connectivity index (χ0v) is 9.24. The van der Waals surface area contributed by atoms with Gasteiger partial charge in [-0.05, 0) is 20.8 Å². The fraction of sp³-hybridized carbons (Fsp3) is 0.667. The summed E-state index contributed by atoms with van der Waals surface area (Å²) in [7, 11) is 0. The van der Waals surface area contributed by atoms with Gasteiger partial charge in [-0.2, -0.15) is 4.39 Å². The molecule has 92 valence electrons. The van der Waals surface area contributed by atoms with Crippen LogP contribution in [-0.2, 0) is 14.3 Å². The van der Waals surface area contributed by atoms with Crippen LogP contribution in [0.2, 0.25) is 0 Å². The topological polar surface area (TPSA) is 92.7 Å². The van der Waals surface area contributed by atoms with Crippen LogP contribution in [0.4, 0.5) is 9.18 Å². The highest BCUT2D eigenvalue weighted by molar-refractivity contribution is 5.84. The number of carboxylic acids is 1. The van der Waals surface area contributed by atoms with E-state index in [1.54, 1.807) is 20.8 Å². The average molecular weight is 235 g/mol. The van der Waals surface area contributed by atoms with Gasteiger partial charge in [0.1, 0.15) is 11.6 Å². The lowest BCUT2D eigenvalue weighted by Gasteiger charge is -2.21. The van der Waals surface area contributed by atoms with Gasteiger partial charge in [0.25, 0.3) is 0 Å². The summed E-state index contributed by atoms with van der Waals surface area (Å²) in [6, 6.07) is -3.43. The maximum atomic E-state index is 12.0. The molecule has 6 nitrogen and oxygen atoms in total. The van der Waals surface area contributed by atoms with E-state index >= 15 is 0 Å². The summed E-state index contributed by atoms with van der Waals surface area (Å²) in [5.41, 5.74) is -0.799. The maximum absolute atomic E-state index is 12.0. The van der Waals surface area contributed by atoms with Crippen molar-refractivity contribution in [2.45, 2.75) is 38.8 Å². The molecule has 0 aromatic rings. The van der Waals surface area contributed by atoms with Crippen LogP contribution in [-0.4, -0.2) is 34.8 Å². The number of halogens is 1. The number of amides is 1. The highest BCUT2D eigenvalue weighted by Gasteiger charge is 2.25. The van der Waals surface area contributed by atoms with E-state index in [1.165, 1.54) is 0 Å². The van der Waals surface area contributed by atoms with Crippen LogP contribution in [0.15, 0.2) is 0 Å². The van der Waals surface area contributed by atoms with Gasteiger partial charge < -0.3 is 15.2 Å². The molecule has 0 spiro atoms. The summed E-state index contributed by atoms with van der Waals surface area (Å²) in [6.45, 7) is 4.76. The van der Waals surface area contributed by atoms with Crippen molar-refractivity contribution in [1.82, 2.24) is 5.32 Å². The second-order valence-corrected chi connectivity index (χ2v) is 4.10. The summed E-state index contributed by atoms with van der Waals surface area (Å²) in [5.74, 6) is -1.50. The molecule has 2 N–H and O–H groups in total. The van der Waals surface area contributed by atoms with Crippen molar-refractivity contribution in [3.63, 3.8) is 0 Å². The van der Waals surface area contributed by atoms with Crippen LogP contribution in [0.1, 0.15) is 27.2 Å². The number of carbonyl (C=O) groups is 3. The zero-order valence-electron chi connectivity index (χ0n) is 9.24. The van der Waals surface area contributed by atoms with Crippen molar-refractivity contribution in [3.8, 4) is 0 Å². The van der Waals surface area contributed by atoms with Gasteiger partial charge in [-0.25, -0.2) is 9.59 Å². The van der Waals surface area contributed by atoms with Crippen LogP contribution in [0.5, 0.6) is 0 Å². The third-order valence-electron chi connectivity index (χ3n) is 1.35. The summed E-state index contributed by atoms with van der Waals surface area (Å²) >= 11 is 0. The van der Waals surface area contributed by atoms with E-state index in [2.05, 4.69) is 0 Å². The number of alkyl carbamates (subject to hydrolysis) is 1. The summed E-state index contributed by atoms with van der Waals surface area (Å²) < 4.78 is 16.8. The smallest absolute Gasteiger partial charge is 0.408 e. The normalized spacial score (nSPS) is 12.8. The molecular formula is C9H14FNO5. The molecule has 16 heavy (non-hydrogen) atoms. The second kappa shape index (κ2) is 5.43. The molecule has 0 aromatic carbocycles. The highest BCUT2D eigenvalue weighted by atomic mass is 19.1. The number of carbonyl (C=O) groups excluding carboxylic acids is 2. The SMILES string of the molecule is CC(C)(C)OC(=O)N[C@@H](CC(=O)F)C(=O)O. The quantitative estimate of drug-likeness (QED) is 0.704. The predicted octanol–water partition coefficient (Wildman–Crippen LogP) is 0.851. The van der Waals surface area contributed by atoms with Crippen LogP contribution in [0.3, 0.4) is 0 Å². The van der Waals surface area contributed by atoms with Gasteiger partial charge in [0, 0.05) is 0 Å². The van der Waals surface area contributed by atoms with Crippen LogP contribution in [0.25, 0.3) is 0 Å². The van der Waals surface area contributed by atoms with Crippen molar-refractivity contribution in [2.75, 3.05) is 0 Å². The minimum atomic E-state index is -1.82. The Labute approximate surface area is 91.8 Å². The van der Waals surface area contributed by atoms with Gasteiger partial charge in [-0.1, -0.05) is 0 Å². The summed E-state index contributed by atoms with van der Waals surface area (Å²) in [4.78, 5) is 31.8. The van der Waals surface area contributed by atoms with Crippen molar-refractivity contribution < 1.29 is 28.6 Å². The van der Waals surface area contributed by atoms with Gasteiger partial charge in [0.05, 0.1) is 6.42 Å². The number of carboxylic acid groups (broad SMARTS) is 1. The molecule has 0 radical (unpaired) electrons. The molecule has 0 bridgehead atoms. The minimum absolute atomic E-state index is 0.799. The Morgan fingerprint density at radius 3 is 2.19 bits per heavy atom. The molecule has 0 heterocycles. The number of nitrogens with one attached hydrogen (secondary N) is 1. The van der Waals surface area contributed by atoms with Gasteiger partial charge in [0.2, 0.25) is 0 Å². The Kier molecular flexibility index (Phi) is 4.87. The first kappa shape index (κ1) is 14.3. The van der Waals surface area contributed by atoms with E-state index in [0.29, 0.717) is 0 Å². The summed E-state index contributed by atoms with van der Waals surface area (Å²) in [5, 5.41) is 10.5. The van der Waals surface area contributed by atoms with E-state index in [4.69, 9.17) is 9.84 Å². The zero-order chi connectivity index (χ0) is 12.9. The first-order valence-electron chi connectivity index (χ1n) is 4.52. The first-order valence-corrected chi connectivity index (χ1v) is 4.52. The monoisotopic (exact) mass is 235 g/mol. The molecule has 0 rings (SSSR count). The van der Waals surface area contributed by atoms with Gasteiger partial charge in [-0.3, -0.25) is 4.79 Å². The second-order valence-electron chi connectivity index (χ2n) is 4.10. The largest absolute Gasteiger partial charge is 0.480 e. The lowest BCUT2D eigenvalue weighted by atomic mass is 10.2. The van der Waals surface area contributed by atoms with E-state index < -0.39 is 36.2 Å². The molecule has 7 heteroatoms. The van der Waals surface area contributed by atoms with E-state index in [0.717, 1.165) is 0 Å². The molecule has 0 fully saturated rings. The van der Waals surface area contributed by atoms with Gasteiger partial charge >= 0.3 is 18.1 Å². The Hall–Kier alpha value is -1.66. The highest BCUT2D eigenvalue weighted by Crippen LogP contribution is 2.07. The molecular weight excluding hydrogens is 221 g/mol. The molecule has 0 aliphatic heterocycles. The molecule has 0 saturated heterocycles. The Morgan fingerprint density at radius 2 is 1.88 bits per heavy atom. The molecule has 0 saturated carbocycles. The van der Waals surface area contributed by atoms with Crippen molar-refractivity contribution in [2.24, 2.45) is 0 Å². The van der Waals surface area contributed by atoms with Crippen LogP contribution >= 0.6 is 0 Å². The van der Waals surface area contributed by atoms with Crippen molar-refractivity contribution in [3.05, 3.63) is 0 Å². The first-order chi connectivity index (χ1) is 7.11. The molecule has 0 aromatic heterocycles. The molecule has 0 unspecified atom stereocenters. The predicted molar refractivity (Wildman–Crippen MR) is 51.5 cm³/mol. The van der Waals surface area contributed by atoms with E-state index in [-0.39, 0.29) is 0 Å². The molecule has 0 aliphatic rings. The number of hydrogen-bond donors (Lipinski definition) is 2. The molecule has 1 atom stereocenters. The lowest BCUT2D eigenvalue weighted by Crippen LogP contribution is -2.44. The third kappa shape index (κ3) is 6.74. The lowest BCUT2D eigenvalue weighted by molar-refractivity contribution is -0.143. The van der Waals surface area contributed by atoms with E-state index in [9.17, 15) is 18.8 Å². The van der Waals surface area contributed by atoms with Gasteiger partial charge in [0.15, 0.2) is 0 Å². The Balaban J connectivity index is 4.35. The number of hydrogen-bond acceptors (Lipinski definition) is 4. The molecule has 1 amide bonds. The number of ether oxygens (including phenoxy) is 1. The fourth-order valence-corrected chi connectivity index (χ4v) is 0.810. The van der Waals surface area contributed by atoms with Crippen molar-refractivity contribution in [1.29, 1.82) is 0 Å². The summed E-state index contributed by atoms with van der Waals surface area (Å²) in [6.07, 6.45) is -1.93. The third-order valence-corrected chi connectivity index (χ3v) is 1.35. The Bertz CT molecular complexity index is 297. The maximum Gasteiger partial charge on any atom is 0.408 e. The van der Waals surface area contributed by atoms with Crippen LogP contribution < -0.4 is 5.32 Å². The Morgan fingerprint density at radius 1 is 1.38 bits per heavy atom. The van der Waals surface area contributed by atoms with Gasteiger partial charge in [-0.15, -0.1) is 0 Å².